The average molecular weight is 288 g/mol. The van der Waals surface area contributed by atoms with Gasteiger partial charge in [0.1, 0.15) is 0 Å². The molecular formula is C16H20N2O3. The number of pyridine rings is 1. The summed E-state index contributed by atoms with van der Waals surface area (Å²) in [5, 5.41) is 10.0. The quantitative estimate of drug-likeness (QED) is 0.845. The van der Waals surface area contributed by atoms with Crippen molar-refractivity contribution in [3.05, 3.63) is 41.6 Å². The van der Waals surface area contributed by atoms with Crippen LogP contribution in [0.4, 0.5) is 0 Å². The minimum atomic E-state index is -0.829. The molecule has 0 amide bonds. The molecule has 0 radical (unpaired) electrons. The van der Waals surface area contributed by atoms with Gasteiger partial charge in [-0.15, -0.1) is 0 Å². The van der Waals surface area contributed by atoms with E-state index < -0.39 is 5.97 Å². The van der Waals surface area contributed by atoms with Crippen LogP contribution in [0.3, 0.4) is 0 Å². The lowest BCUT2D eigenvalue weighted by atomic mass is 10.1. The molecule has 0 fully saturated rings. The molecule has 0 aliphatic carbocycles. The monoisotopic (exact) mass is 288 g/mol. The molecule has 0 aliphatic rings. The Labute approximate surface area is 124 Å². The van der Waals surface area contributed by atoms with Crippen LogP contribution < -0.4 is 0 Å². The van der Waals surface area contributed by atoms with Crippen molar-refractivity contribution in [2.75, 3.05) is 26.8 Å². The van der Waals surface area contributed by atoms with E-state index in [1.54, 1.807) is 7.11 Å². The van der Waals surface area contributed by atoms with Crippen molar-refractivity contribution in [1.82, 2.24) is 9.88 Å². The van der Waals surface area contributed by atoms with Gasteiger partial charge in [0.05, 0.1) is 18.7 Å². The molecule has 1 N–H and O–H groups in total. The molecule has 1 aromatic heterocycles. The number of aliphatic carboxylic acids is 1. The number of aromatic nitrogens is 1. The number of carboxylic acids is 1. The number of carboxylic acid groups (broad SMARTS) is 1. The third kappa shape index (κ3) is 4.51. The van der Waals surface area contributed by atoms with Crippen LogP contribution in [-0.2, 0) is 16.1 Å². The highest BCUT2D eigenvalue weighted by atomic mass is 16.5. The second kappa shape index (κ2) is 7.15. The van der Waals surface area contributed by atoms with Gasteiger partial charge in [0, 0.05) is 31.3 Å². The fourth-order valence-corrected chi connectivity index (χ4v) is 2.26. The molecule has 0 saturated carbocycles. The predicted molar refractivity (Wildman–Crippen MR) is 81.3 cm³/mol. The number of ether oxygens (including phenoxy) is 1. The number of fused-ring (bicyclic) bond motifs is 1. The Kier molecular flexibility index (Phi) is 5.25. The first kappa shape index (κ1) is 15.4. The molecule has 21 heavy (non-hydrogen) atoms. The number of methoxy groups -OCH3 is 1. The van der Waals surface area contributed by atoms with Crippen molar-refractivity contribution in [2.24, 2.45) is 0 Å². The zero-order valence-corrected chi connectivity index (χ0v) is 12.4. The molecule has 0 aliphatic heterocycles. The van der Waals surface area contributed by atoms with Gasteiger partial charge in [0.2, 0.25) is 0 Å². The van der Waals surface area contributed by atoms with Crippen LogP contribution in [-0.4, -0.2) is 47.8 Å². The van der Waals surface area contributed by atoms with E-state index in [-0.39, 0.29) is 6.54 Å². The van der Waals surface area contributed by atoms with Crippen LogP contribution in [0.5, 0.6) is 0 Å². The highest BCUT2D eigenvalue weighted by molar-refractivity contribution is 5.79. The van der Waals surface area contributed by atoms with Crippen molar-refractivity contribution in [2.45, 2.75) is 13.5 Å². The van der Waals surface area contributed by atoms with Crippen LogP contribution in [0.2, 0.25) is 0 Å². The third-order valence-corrected chi connectivity index (χ3v) is 3.27. The third-order valence-electron chi connectivity index (χ3n) is 3.27. The normalized spacial score (nSPS) is 11.2. The Morgan fingerprint density at radius 2 is 2.14 bits per heavy atom. The first-order chi connectivity index (χ1) is 10.1. The number of carbonyl (C=O) groups is 1. The van der Waals surface area contributed by atoms with Crippen molar-refractivity contribution in [3.8, 4) is 0 Å². The maximum absolute atomic E-state index is 10.9. The summed E-state index contributed by atoms with van der Waals surface area (Å²) in [5.74, 6) is -0.829. The smallest absolute Gasteiger partial charge is 0.317 e. The van der Waals surface area contributed by atoms with Crippen molar-refractivity contribution in [3.63, 3.8) is 0 Å². The zero-order valence-electron chi connectivity index (χ0n) is 12.4. The molecule has 0 bridgehead atoms. The highest BCUT2D eigenvalue weighted by Crippen LogP contribution is 2.16. The van der Waals surface area contributed by atoms with Gasteiger partial charge in [-0.3, -0.25) is 14.7 Å². The van der Waals surface area contributed by atoms with Gasteiger partial charge in [-0.25, -0.2) is 0 Å². The maximum atomic E-state index is 10.9. The number of aryl methyl sites for hydroxylation is 1. The van der Waals surface area contributed by atoms with Crippen molar-refractivity contribution in [1.29, 1.82) is 0 Å². The van der Waals surface area contributed by atoms with Gasteiger partial charge in [-0.05, 0) is 30.7 Å². The van der Waals surface area contributed by atoms with E-state index in [1.807, 2.05) is 36.1 Å². The molecule has 5 nitrogen and oxygen atoms in total. The van der Waals surface area contributed by atoms with Crippen molar-refractivity contribution >= 4 is 16.9 Å². The van der Waals surface area contributed by atoms with Gasteiger partial charge in [0.25, 0.3) is 0 Å². The summed E-state index contributed by atoms with van der Waals surface area (Å²) >= 11 is 0. The Morgan fingerprint density at radius 3 is 2.86 bits per heavy atom. The predicted octanol–water partition coefficient (Wildman–Crippen LogP) is 2.08. The molecule has 0 spiro atoms. The SMILES string of the molecule is COCCN(CC(=O)O)Cc1ccc2nc(C)ccc2c1. The standard InChI is InChI=1S/C16H20N2O3/c1-12-3-5-14-9-13(4-6-15(14)17-12)10-18(7-8-21-2)11-16(19)20/h3-6,9H,7-8,10-11H2,1-2H3,(H,19,20). The number of rotatable bonds is 7. The Balaban J connectivity index is 2.15. The number of hydrogen-bond donors (Lipinski definition) is 1. The molecule has 1 heterocycles. The number of hydrogen-bond acceptors (Lipinski definition) is 4. The second-order valence-electron chi connectivity index (χ2n) is 5.08. The summed E-state index contributed by atoms with van der Waals surface area (Å²) in [5.41, 5.74) is 3.02. The van der Waals surface area contributed by atoms with E-state index in [9.17, 15) is 4.79 Å². The minimum Gasteiger partial charge on any atom is -0.480 e. The lowest BCUT2D eigenvalue weighted by Crippen LogP contribution is -2.32. The van der Waals surface area contributed by atoms with E-state index in [0.29, 0.717) is 19.7 Å². The topological polar surface area (TPSA) is 62.7 Å². The van der Waals surface area contributed by atoms with E-state index in [2.05, 4.69) is 11.1 Å². The summed E-state index contributed by atoms with van der Waals surface area (Å²) in [6.07, 6.45) is 0. The molecule has 1 aromatic carbocycles. The maximum Gasteiger partial charge on any atom is 0.317 e. The number of nitrogens with zero attached hydrogens (tertiary/aromatic N) is 2. The van der Waals surface area contributed by atoms with E-state index in [1.165, 1.54) is 0 Å². The molecule has 5 heteroatoms. The van der Waals surface area contributed by atoms with Gasteiger partial charge in [0.15, 0.2) is 0 Å². The second-order valence-corrected chi connectivity index (χ2v) is 5.08. The van der Waals surface area contributed by atoms with Crippen LogP contribution in [0.15, 0.2) is 30.3 Å². The molecule has 112 valence electrons. The zero-order chi connectivity index (χ0) is 15.2. The minimum absolute atomic E-state index is 0.00749. The van der Waals surface area contributed by atoms with E-state index in [4.69, 9.17) is 9.84 Å². The summed E-state index contributed by atoms with van der Waals surface area (Å²) in [6.45, 7) is 3.66. The molecule has 0 saturated heterocycles. The van der Waals surface area contributed by atoms with Crippen LogP contribution in [0.25, 0.3) is 10.9 Å². The first-order valence-electron chi connectivity index (χ1n) is 6.88. The van der Waals surface area contributed by atoms with Crippen LogP contribution in [0.1, 0.15) is 11.3 Å². The summed E-state index contributed by atoms with van der Waals surface area (Å²) in [6, 6.07) is 10.1. The molecule has 2 rings (SSSR count). The summed E-state index contributed by atoms with van der Waals surface area (Å²) < 4.78 is 5.03. The lowest BCUT2D eigenvalue weighted by molar-refractivity contribution is -0.138. The van der Waals surface area contributed by atoms with Gasteiger partial charge in [-0.1, -0.05) is 12.1 Å². The first-order valence-corrected chi connectivity index (χ1v) is 6.88. The fourth-order valence-electron chi connectivity index (χ4n) is 2.26. The average Bonchev–Trinajstić information content (AvgIpc) is 2.44. The highest BCUT2D eigenvalue weighted by Gasteiger charge is 2.10. The molecule has 0 atom stereocenters. The van der Waals surface area contributed by atoms with E-state index in [0.717, 1.165) is 22.2 Å². The van der Waals surface area contributed by atoms with Gasteiger partial charge in [-0.2, -0.15) is 0 Å². The molecule has 0 unspecified atom stereocenters. The van der Waals surface area contributed by atoms with E-state index >= 15 is 0 Å². The lowest BCUT2D eigenvalue weighted by Gasteiger charge is -2.20. The summed E-state index contributed by atoms with van der Waals surface area (Å²) in [7, 11) is 1.61. The summed E-state index contributed by atoms with van der Waals surface area (Å²) in [4.78, 5) is 17.2. The van der Waals surface area contributed by atoms with Crippen LogP contribution in [0, 0.1) is 6.92 Å². The molecule has 2 aromatic rings. The molecular weight excluding hydrogens is 268 g/mol. The van der Waals surface area contributed by atoms with Gasteiger partial charge < -0.3 is 9.84 Å². The Morgan fingerprint density at radius 1 is 1.33 bits per heavy atom. The largest absolute Gasteiger partial charge is 0.480 e. The fraction of sp³-hybridized carbons (Fsp3) is 0.375. The van der Waals surface area contributed by atoms with Crippen molar-refractivity contribution < 1.29 is 14.6 Å². The van der Waals surface area contributed by atoms with Gasteiger partial charge >= 0.3 is 5.97 Å². The van der Waals surface area contributed by atoms with Crippen LogP contribution >= 0.6 is 0 Å². The number of benzene rings is 1. The Hall–Kier alpha value is -1.98. The Bertz CT molecular complexity index is 628.